The number of halogens is 1. The van der Waals surface area contributed by atoms with Crippen LogP contribution in [0, 0.1) is 0 Å². The summed E-state index contributed by atoms with van der Waals surface area (Å²) in [5.41, 5.74) is 2.28. The molecule has 52 valence electrons. The number of ether oxygens (including phenoxy) is 1. The van der Waals surface area contributed by atoms with Crippen LogP contribution in [0.5, 0.6) is 0 Å². The molecule has 0 unspecified atom stereocenters. The highest BCUT2D eigenvalue weighted by Crippen LogP contribution is 2.20. The van der Waals surface area contributed by atoms with E-state index in [1.165, 1.54) is 5.56 Å². The molecule has 0 fully saturated rings. The van der Waals surface area contributed by atoms with Crippen molar-refractivity contribution in [3.05, 3.63) is 28.0 Å². The minimum Gasteiger partial charge on any atom is -0.370 e. The van der Waals surface area contributed by atoms with E-state index in [-0.39, 0.29) is 0 Å². The van der Waals surface area contributed by atoms with E-state index in [0.717, 1.165) is 10.2 Å². The Bertz CT molecular complexity index is 262. The number of fused-ring (bicyclic) bond motifs is 1. The van der Waals surface area contributed by atoms with Crippen molar-refractivity contribution in [2.45, 2.75) is 13.2 Å². The number of nitrogens with zero attached hydrogens (tertiary/aromatic N) is 1. The molecule has 0 saturated heterocycles. The molecular formula is C7H6BrNO. The van der Waals surface area contributed by atoms with Gasteiger partial charge in [-0.3, -0.25) is 4.98 Å². The van der Waals surface area contributed by atoms with Crippen molar-refractivity contribution in [2.75, 3.05) is 0 Å². The standard InChI is InChI=1S/C7H6BrNO/c8-6-1-5-3-10-4-7(5)9-2-6/h1-2H,3-4H2. The van der Waals surface area contributed by atoms with Crippen molar-refractivity contribution >= 4 is 15.9 Å². The van der Waals surface area contributed by atoms with Gasteiger partial charge in [0.05, 0.1) is 18.9 Å². The summed E-state index contributed by atoms with van der Waals surface area (Å²) in [7, 11) is 0. The first-order chi connectivity index (χ1) is 4.86. The second kappa shape index (κ2) is 2.32. The highest BCUT2D eigenvalue weighted by molar-refractivity contribution is 9.10. The average Bonchev–Trinajstić information content (AvgIpc) is 2.33. The van der Waals surface area contributed by atoms with Gasteiger partial charge in [-0.2, -0.15) is 0 Å². The second-order valence-corrected chi connectivity index (χ2v) is 3.17. The maximum Gasteiger partial charge on any atom is 0.0896 e. The Morgan fingerprint density at radius 3 is 3.30 bits per heavy atom. The van der Waals surface area contributed by atoms with Gasteiger partial charge < -0.3 is 4.74 Å². The summed E-state index contributed by atoms with van der Waals surface area (Å²) >= 11 is 3.35. The molecule has 0 atom stereocenters. The second-order valence-electron chi connectivity index (χ2n) is 2.25. The SMILES string of the molecule is Brc1cnc2c(c1)COC2. The van der Waals surface area contributed by atoms with E-state index >= 15 is 0 Å². The monoisotopic (exact) mass is 199 g/mol. The zero-order valence-corrected chi connectivity index (χ0v) is 6.89. The molecule has 2 rings (SSSR count). The van der Waals surface area contributed by atoms with Crippen molar-refractivity contribution in [2.24, 2.45) is 0 Å². The topological polar surface area (TPSA) is 22.1 Å². The van der Waals surface area contributed by atoms with Gasteiger partial charge in [0.1, 0.15) is 0 Å². The molecule has 0 radical (unpaired) electrons. The summed E-state index contributed by atoms with van der Waals surface area (Å²) in [6.07, 6.45) is 1.80. The fourth-order valence-corrected chi connectivity index (χ4v) is 1.40. The largest absolute Gasteiger partial charge is 0.370 e. The summed E-state index contributed by atoms with van der Waals surface area (Å²) in [4.78, 5) is 4.19. The first kappa shape index (κ1) is 6.31. The molecule has 0 aromatic carbocycles. The Morgan fingerprint density at radius 2 is 2.40 bits per heavy atom. The Kier molecular flexibility index (Phi) is 1.47. The van der Waals surface area contributed by atoms with Crippen molar-refractivity contribution in [1.29, 1.82) is 0 Å². The predicted octanol–water partition coefficient (Wildman–Crippen LogP) is 1.87. The third-order valence-electron chi connectivity index (χ3n) is 1.52. The van der Waals surface area contributed by atoms with Crippen LogP contribution in [-0.4, -0.2) is 4.98 Å². The van der Waals surface area contributed by atoms with Crippen LogP contribution in [0.25, 0.3) is 0 Å². The smallest absolute Gasteiger partial charge is 0.0896 e. The summed E-state index contributed by atoms with van der Waals surface area (Å²) in [6, 6.07) is 2.05. The van der Waals surface area contributed by atoms with Crippen LogP contribution in [0.4, 0.5) is 0 Å². The number of hydrogen-bond acceptors (Lipinski definition) is 2. The molecule has 0 bridgehead atoms. The highest BCUT2D eigenvalue weighted by Gasteiger charge is 2.11. The van der Waals surface area contributed by atoms with E-state index in [1.54, 1.807) is 6.20 Å². The maximum atomic E-state index is 5.19. The Labute approximate surface area is 67.4 Å². The summed E-state index contributed by atoms with van der Waals surface area (Å²) in [6.45, 7) is 1.38. The molecule has 2 nitrogen and oxygen atoms in total. The summed E-state index contributed by atoms with van der Waals surface area (Å²) in [5.74, 6) is 0. The lowest BCUT2D eigenvalue weighted by Gasteiger charge is -1.93. The van der Waals surface area contributed by atoms with E-state index in [2.05, 4.69) is 27.0 Å². The lowest BCUT2D eigenvalue weighted by molar-refractivity contribution is 0.133. The average molecular weight is 200 g/mol. The van der Waals surface area contributed by atoms with Crippen molar-refractivity contribution in [1.82, 2.24) is 4.98 Å². The van der Waals surface area contributed by atoms with Crippen LogP contribution in [0.2, 0.25) is 0 Å². The van der Waals surface area contributed by atoms with Crippen molar-refractivity contribution < 1.29 is 4.74 Å². The van der Waals surface area contributed by atoms with Gasteiger partial charge in [0, 0.05) is 16.2 Å². The van der Waals surface area contributed by atoms with E-state index in [1.807, 2.05) is 0 Å². The number of aromatic nitrogens is 1. The zero-order chi connectivity index (χ0) is 6.97. The molecule has 1 aliphatic heterocycles. The highest BCUT2D eigenvalue weighted by atomic mass is 79.9. The first-order valence-electron chi connectivity index (χ1n) is 3.07. The number of pyridine rings is 1. The molecule has 0 amide bonds. The molecule has 0 spiro atoms. The zero-order valence-electron chi connectivity index (χ0n) is 5.30. The van der Waals surface area contributed by atoms with Gasteiger partial charge >= 0.3 is 0 Å². The van der Waals surface area contributed by atoms with Crippen molar-refractivity contribution in [3.8, 4) is 0 Å². The van der Waals surface area contributed by atoms with Crippen LogP contribution in [0.15, 0.2) is 16.7 Å². The number of hydrogen-bond donors (Lipinski definition) is 0. The molecule has 0 aliphatic carbocycles. The Morgan fingerprint density at radius 1 is 1.50 bits per heavy atom. The molecule has 10 heavy (non-hydrogen) atoms. The van der Waals surface area contributed by atoms with Crippen LogP contribution >= 0.6 is 15.9 Å². The molecule has 1 aromatic rings. The molecular weight excluding hydrogens is 194 g/mol. The molecule has 3 heteroatoms. The van der Waals surface area contributed by atoms with Crippen molar-refractivity contribution in [3.63, 3.8) is 0 Å². The van der Waals surface area contributed by atoms with Gasteiger partial charge in [-0.15, -0.1) is 0 Å². The van der Waals surface area contributed by atoms with Crippen LogP contribution in [-0.2, 0) is 18.0 Å². The first-order valence-corrected chi connectivity index (χ1v) is 3.86. The van der Waals surface area contributed by atoms with Crippen LogP contribution in [0.1, 0.15) is 11.3 Å². The summed E-state index contributed by atoms with van der Waals surface area (Å²) < 4.78 is 6.21. The quantitative estimate of drug-likeness (QED) is 0.637. The third-order valence-corrected chi connectivity index (χ3v) is 1.96. The number of rotatable bonds is 0. The predicted molar refractivity (Wildman–Crippen MR) is 40.4 cm³/mol. The molecule has 0 N–H and O–H groups in total. The minimum absolute atomic E-state index is 0.669. The fraction of sp³-hybridized carbons (Fsp3) is 0.286. The molecule has 2 heterocycles. The molecule has 1 aliphatic rings. The van der Waals surface area contributed by atoms with E-state index in [9.17, 15) is 0 Å². The van der Waals surface area contributed by atoms with Crippen LogP contribution in [0.3, 0.4) is 0 Å². The van der Waals surface area contributed by atoms with E-state index < -0.39 is 0 Å². The molecule has 1 aromatic heterocycles. The van der Waals surface area contributed by atoms with Gasteiger partial charge in [-0.05, 0) is 22.0 Å². The van der Waals surface area contributed by atoms with Crippen LogP contribution < -0.4 is 0 Å². The van der Waals surface area contributed by atoms with E-state index in [0.29, 0.717) is 13.2 Å². The maximum absolute atomic E-state index is 5.19. The van der Waals surface area contributed by atoms with Gasteiger partial charge in [-0.1, -0.05) is 0 Å². The normalized spacial score (nSPS) is 15.3. The Hall–Kier alpha value is -0.410. The lowest BCUT2D eigenvalue weighted by Crippen LogP contribution is -1.85. The Balaban J connectivity index is 2.52. The third kappa shape index (κ3) is 0.954. The lowest BCUT2D eigenvalue weighted by atomic mass is 10.2. The van der Waals surface area contributed by atoms with Gasteiger partial charge in [0.2, 0.25) is 0 Å². The summed E-state index contributed by atoms with van der Waals surface area (Å²) in [5, 5.41) is 0. The molecule has 0 saturated carbocycles. The fourth-order valence-electron chi connectivity index (χ4n) is 1.02. The van der Waals surface area contributed by atoms with E-state index in [4.69, 9.17) is 4.74 Å². The van der Waals surface area contributed by atoms with Gasteiger partial charge in [0.15, 0.2) is 0 Å². The minimum atomic E-state index is 0.669. The van der Waals surface area contributed by atoms with Gasteiger partial charge in [0.25, 0.3) is 0 Å². The van der Waals surface area contributed by atoms with Gasteiger partial charge in [-0.25, -0.2) is 0 Å².